The molecule has 0 saturated heterocycles. The Labute approximate surface area is 102 Å². The van der Waals surface area contributed by atoms with Crippen molar-refractivity contribution in [3.8, 4) is 0 Å². The van der Waals surface area contributed by atoms with Gasteiger partial charge >= 0.3 is 0 Å². The van der Waals surface area contributed by atoms with Crippen LogP contribution >= 0.6 is 11.6 Å². The lowest BCUT2D eigenvalue weighted by Crippen LogP contribution is -2.38. The van der Waals surface area contributed by atoms with Crippen LogP contribution in [-0.4, -0.2) is 49.9 Å². The number of halogens is 1. The van der Waals surface area contributed by atoms with Gasteiger partial charge in [0.15, 0.2) is 0 Å². The molecule has 0 aromatic rings. The van der Waals surface area contributed by atoms with Crippen LogP contribution in [0.1, 0.15) is 20.3 Å². The largest absolute Gasteiger partial charge is 0.355 e. The van der Waals surface area contributed by atoms with E-state index in [-0.39, 0.29) is 17.8 Å². The molecule has 96 valence electrons. The van der Waals surface area contributed by atoms with Gasteiger partial charge in [0.05, 0.1) is 6.26 Å². The highest BCUT2D eigenvalue weighted by Gasteiger charge is 2.19. The Kier molecular flexibility index (Phi) is 6.94. The molecule has 0 aliphatic carbocycles. The number of carbonyl (C=O) groups is 1. The molecule has 5 nitrogen and oxygen atoms in total. The molecular formula is C9H19ClN2O3S. The first-order valence-electron chi connectivity index (χ1n) is 5.08. The second-order valence-electron chi connectivity index (χ2n) is 3.80. The van der Waals surface area contributed by atoms with E-state index in [1.54, 1.807) is 0 Å². The van der Waals surface area contributed by atoms with E-state index in [4.69, 9.17) is 11.6 Å². The summed E-state index contributed by atoms with van der Waals surface area (Å²) in [5.41, 5.74) is 0. The number of nitrogens with one attached hydrogen (secondary N) is 1. The number of hydrogen-bond acceptors (Lipinski definition) is 3. The van der Waals surface area contributed by atoms with Crippen molar-refractivity contribution in [3.05, 3.63) is 0 Å². The quantitative estimate of drug-likeness (QED) is 0.538. The number of nitrogens with zero attached hydrogens (tertiary/aromatic N) is 1. The maximum Gasteiger partial charge on any atom is 0.234 e. The Bertz CT molecular complexity index is 317. The molecule has 0 fully saturated rings. The van der Waals surface area contributed by atoms with Gasteiger partial charge < -0.3 is 5.32 Å². The third kappa shape index (κ3) is 6.30. The first-order valence-corrected chi connectivity index (χ1v) is 7.46. The molecule has 0 aromatic carbocycles. The first kappa shape index (κ1) is 15.7. The highest BCUT2D eigenvalue weighted by Crippen LogP contribution is 2.05. The summed E-state index contributed by atoms with van der Waals surface area (Å²) in [6, 6.07) is -0.0706. The molecule has 0 aromatic heterocycles. The zero-order valence-electron chi connectivity index (χ0n) is 9.86. The molecule has 1 amide bonds. The molecular weight excluding hydrogens is 252 g/mol. The van der Waals surface area contributed by atoms with E-state index in [0.717, 1.165) is 0 Å². The predicted molar refractivity (Wildman–Crippen MR) is 65.0 cm³/mol. The molecule has 0 bridgehead atoms. The Morgan fingerprint density at radius 1 is 1.44 bits per heavy atom. The number of hydrogen-bond donors (Lipinski definition) is 1. The zero-order chi connectivity index (χ0) is 12.8. The van der Waals surface area contributed by atoms with Crippen LogP contribution in [-0.2, 0) is 14.8 Å². The SMILES string of the molecule is CC(C)N(CCCNC(=O)CCl)S(C)(=O)=O. The molecule has 7 heteroatoms. The second-order valence-corrected chi connectivity index (χ2v) is 6.01. The molecule has 0 radical (unpaired) electrons. The second kappa shape index (κ2) is 7.09. The van der Waals surface area contributed by atoms with Gasteiger partial charge in [-0.2, -0.15) is 4.31 Å². The van der Waals surface area contributed by atoms with E-state index >= 15 is 0 Å². The van der Waals surface area contributed by atoms with Crippen LogP contribution in [0.4, 0.5) is 0 Å². The summed E-state index contributed by atoms with van der Waals surface area (Å²) in [6.45, 7) is 4.47. The van der Waals surface area contributed by atoms with Crippen molar-refractivity contribution in [3.63, 3.8) is 0 Å². The van der Waals surface area contributed by atoms with Crippen LogP contribution < -0.4 is 5.32 Å². The van der Waals surface area contributed by atoms with Crippen molar-refractivity contribution < 1.29 is 13.2 Å². The fourth-order valence-electron chi connectivity index (χ4n) is 1.32. The number of amides is 1. The molecule has 0 rings (SSSR count). The Balaban J connectivity index is 4.02. The van der Waals surface area contributed by atoms with Gasteiger partial charge in [-0.15, -0.1) is 11.6 Å². The van der Waals surface area contributed by atoms with E-state index in [0.29, 0.717) is 19.5 Å². The summed E-state index contributed by atoms with van der Waals surface area (Å²) in [5, 5.41) is 2.59. The van der Waals surface area contributed by atoms with Crippen molar-refractivity contribution >= 4 is 27.5 Å². The topological polar surface area (TPSA) is 66.5 Å². The van der Waals surface area contributed by atoms with Gasteiger partial charge in [-0.3, -0.25) is 4.79 Å². The molecule has 1 N–H and O–H groups in total. The summed E-state index contributed by atoms with van der Waals surface area (Å²) in [6.07, 6.45) is 1.76. The zero-order valence-corrected chi connectivity index (χ0v) is 11.4. The molecule has 16 heavy (non-hydrogen) atoms. The molecule has 0 saturated carbocycles. The van der Waals surface area contributed by atoms with Crippen molar-refractivity contribution in [2.75, 3.05) is 25.2 Å². The van der Waals surface area contributed by atoms with Crippen LogP contribution in [0.25, 0.3) is 0 Å². The Morgan fingerprint density at radius 3 is 2.38 bits per heavy atom. The van der Waals surface area contributed by atoms with Crippen molar-refractivity contribution in [2.24, 2.45) is 0 Å². The standard InChI is InChI=1S/C9H19ClN2O3S/c1-8(2)12(16(3,14)15)6-4-5-11-9(13)7-10/h8H,4-7H2,1-3H3,(H,11,13). The number of rotatable bonds is 7. The third-order valence-corrected chi connectivity index (χ3v) is 3.70. The fraction of sp³-hybridized carbons (Fsp3) is 0.889. The van der Waals surface area contributed by atoms with Crippen LogP contribution in [0.3, 0.4) is 0 Å². The van der Waals surface area contributed by atoms with Gasteiger partial charge in [-0.05, 0) is 20.3 Å². The summed E-state index contributed by atoms with van der Waals surface area (Å²) in [7, 11) is -3.18. The van der Waals surface area contributed by atoms with Crippen molar-refractivity contribution in [1.82, 2.24) is 9.62 Å². The molecule has 0 atom stereocenters. The maximum atomic E-state index is 11.4. The van der Waals surface area contributed by atoms with Gasteiger partial charge in [0, 0.05) is 19.1 Å². The average Bonchev–Trinajstić information content (AvgIpc) is 2.14. The normalized spacial score (nSPS) is 12.1. The van der Waals surface area contributed by atoms with Gasteiger partial charge in [0.1, 0.15) is 5.88 Å². The Hall–Kier alpha value is -0.330. The summed E-state index contributed by atoms with van der Waals surface area (Å²) in [4.78, 5) is 10.8. The summed E-state index contributed by atoms with van der Waals surface area (Å²) >= 11 is 5.30. The van der Waals surface area contributed by atoms with Crippen LogP contribution in [0.2, 0.25) is 0 Å². The maximum absolute atomic E-state index is 11.4. The lowest BCUT2D eigenvalue weighted by molar-refractivity contribution is -0.118. The molecule has 0 aliphatic rings. The molecule has 0 aliphatic heterocycles. The summed E-state index contributed by atoms with van der Waals surface area (Å²) in [5.74, 6) is -0.308. The summed E-state index contributed by atoms with van der Waals surface area (Å²) < 4.78 is 24.2. The monoisotopic (exact) mass is 270 g/mol. The van der Waals surface area contributed by atoms with E-state index in [9.17, 15) is 13.2 Å². The number of sulfonamides is 1. The predicted octanol–water partition coefficient (Wildman–Crippen LogP) is 0.402. The number of alkyl halides is 1. The highest BCUT2D eigenvalue weighted by atomic mass is 35.5. The van der Waals surface area contributed by atoms with E-state index in [2.05, 4.69) is 5.32 Å². The van der Waals surface area contributed by atoms with E-state index in [1.807, 2.05) is 13.8 Å². The minimum Gasteiger partial charge on any atom is -0.355 e. The first-order chi connectivity index (χ1) is 7.29. The van der Waals surface area contributed by atoms with Crippen LogP contribution in [0, 0.1) is 0 Å². The number of carbonyl (C=O) groups excluding carboxylic acids is 1. The van der Waals surface area contributed by atoms with E-state index in [1.165, 1.54) is 10.6 Å². The lowest BCUT2D eigenvalue weighted by Gasteiger charge is -2.23. The van der Waals surface area contributed by atoms with Gasteiger partial charge in [-0.1, -0.05) is 0 Å². The smallest absolute Gasteiger partial charge is 0.234 e. The highest BCUT2D eigenvalue weighted by molar-refractivity contribution is 7.88. The Morgan fingerprint density at radius 2 is 2.00 bits per heavy atom. The molecule has 0 unspecified atom stereocenters. The lowest BCUT2D eigenvalue weighted by atomic mass is 10.3. The van der Waals surface area contributed by atoms with Gasteiger partial charge in [-0.25, -0.2) is 8.42 Å². The molecule has 0 spiro atoms. The third-order valence-electron chi connectivity index (χ3n) is 2.00. The fourth-order valence-corrected chi connectivity index (χ4v) is 2.64. The van der Waals surface area contributed by atoms with Crippen LogP contribution in [0.15, 0.2) is 0 Å². The van der Waals surface area contributed by atoms with Crippen molar-refractivity contribution in [1.29, 1.82) is 0 Å². The minimum absolute atomic E-state index is 0.0695. The minimum atomic E-state index is -3.18. The van der Waals surface area contributed by atoms with Crippen LogP contribution in [0.5, 0.6) is 0 Å². The van der Waals surface area contributed by atoms with Gasteiger partial charge in [0.2, 0.25) is 15.9 Å². The average molecular weight is 271 g/mol. The van der Waals surface area contributed by atoms with E-state index < -0.39 is 10.0 Å². The van der Waals surface area contributed by atoms with Gasteiger partial charge in [0.25, 0.3) is 0 Å². The molecule has 0 heterocycles. The van der Waals surface area contributed by atoms with Crippen molar-refractivity contribution in [2.45, 2.75) is 26.3 Å².